The molecule has 13 heteroatoms. The van der Waals surface area contributed by atoms with E-state index in [0.29, 0.717) is 58.8 Å². The summed E-state index contributed by atoms with van der Waals surface area (Å²) in [4.78, 5) is 58.9. The maximum absolute atomic E-state index is 12.9. The number of ether oxygens (including phenoxy) is 3. The number of aldehydes is 1. The van der Waals surface area contributed by atoms with Gasteiger partial charge in [0.25, 0.3) is 0 Å². The van der Waals surface area contributed by atoms with Crippen molar-refractivity contribution < 1.29 is 28.6 Å². The van der Waals surface area contributed by atoms with Crippen LogP contribution in [0, 0.1) is 6.92 Å². The van der Waals surface area contributed by atoms with E-state index in [1.165, 1.54) is 23.7 Å². The third-order valence-electron chi connectivity index (χ3n) is 5.45. The number of aromatic nitrogens is 4. The van der Waals surface area contributed by atoms with Gasteiger partial charge in [0, 0.05) is 25.5 Å². The molecule has 0 aliphatic carbocycles. The van der Waals surface area contributed by atoms with E-state index in [1.54, 1.807) is 41.5 Å². The van der Waals surface area contributed by atoms with Gasteiger partial charge in [0.15, 0.2) is 17.9 Å². The summed E-state index contributed by atoms with van der Waals surface area (Å²) in [6, 6.07) is 0. The maximum atomic E-state index is 12.9. The van der Waals surface area contributed by atoms with Crippen LogP contribution in [0.2, 0.25) is 0 Å². The highest BCUT2D eigenvalue weighted by molar-refractivity contribution is 7.21. The number of carbonyl (C=O) groups excluding carboxylic acids is 3. The first-order valence-electron chi connectivity index (χ1n) is 12.4. The van der Waals surface area contributed by atoms with Crippen LogP contribution in [-0.2, 0) is 14.2 Å². The van der Waals surface area contributed by atoms with E-state index in [2.05, 4.69) is 14.9 Å². The largest absolute Gasteiger partial charge is 0.443 e. The number of amides is 2. The van der Waals surface area contributed by atoms with Crippen molar-refractivity contribution in [1.29, 1.82) is 0 Å². The molecule has 0 N–H and O–H groups in total. The van der Waals surface area contributed by atoms with Crippen LogP contribution in [0.4, 0.5) is 21.4 Å². The normalized spacial score (nSPS) is 14.3. The first-order chi connectivity index (χ1) is 18.3. The number of fused-ring (bicyclic) bond motifs is 1. The molecule has 0 bridgehead atoms. The smallest absolute Gasteiger partial charge is 0.427 e. The second-order valence-electron chi connectivity index (χ2n) is 10.9. The topological polar surface area (TPSA) is 137 Å². The average molecular weight is 557 g/mol. The number of hydrogen-bond acceptors (Lipinski definition) is 12. The molecule has 0 saturated carbocycles. The van der Waals surface area contributed by atoms with Crippen molar-refractivity contribution >= 4 is 51.8 Å². The van der Waals surface area contributed by atoms with E-state index in [0.717, 1.165) is 16.5 Å². The monoisotopic (exact) mass is 556 g/mol. The Kier molecular flexibility index (Phi) is 7.84. The predicted molar refractivity (Wildman–Crippen MR) is 147 cm³/mol. The summed E-state index contributed by atoms with van der Waals surface area (Å²) in [7, 11) is 0. The van der Waals surface area contributed by atoms with Gasteiger partial charge in [-0.1, -0.05) is 0 Å². The summed E-state index contributed by atoms with van der Waals surface area (Å²) in [5.74, 6) is 0.828. The highest BCUT2D eigenvalue weighted by Gasteiger charge is 2.34. The fraction of sp³-hybridized carbons (Fsp3) is 0.500. The minimum absolute atomic E-state index is 0.216. The second-order valence-corrected chi connectivity index (χ2v) is 12.0. The number of hydrogen-bond donors (Lipinski definition) is 0. The molecule has 3 aromatic heterocycles. The van der Waals surface area contributed by atoms with Gasteiger partial charge in [0.05, 0.1) is 33.9 Å². The highest BCUT2D eigenvalue weighted by Crippen LogP contribution is 2.36. The Balaban J connectivity index is 1.75. The Hall–Kier alpha value is -3.71. The third-order valence-corrected chi connectivity index (χ3v) is 6.65. The molecule has 3 aromatic rings. The number of aryl methyl sites for hydroxylation is 1. The van der Waals surface area contributed by atoms with Gasteiger partial charge < -0.3 is 19.1 Å². The van der Waals surface area contributed by atoms with Crippen LogP contribution in [0.25, 0.3) is 21.6 Å². The van der Waals surface area contributed by atoms with Crippen LogP contribution in [0.15, 0.2) is 12.4 Å². The zero-order valence-corrected chi connectivity index (χ0v) is 23.9. The number of carbonyl (C=O) groups is 3. The van der Waals surface area contributed by atoms with Crippen molar-refractivity contribution in [2.45, 2.75) is 59.7 Å². The molecule has 0 spiro atoms. The van der Waals surface area contributed by atoms with Gasteiger partial charge in [-0.25, -0.2) is 29.5 Å². The maximum Gasteiger partial charge on any atom is 0.427 e. The number of nitrogens with zero attached hydrogens (tertiary/aromatic N) is 6. The van der Waals surface area contributed by atoms with Gasteiger partial charge in [0.1, 0.15) is 11.2 Å². The zero-order chi connectivity index (χ0) is 28.5. The zero-order valence-electron chi connectivity index (χ0n) is 23.1. The Bertz CT molecular complexity index is 1360. The van der Waals surface area contributed by atoms with Crippen LogP contribution in [-0.4, -0.2) is 75.9 Å². The molecule has 0 radical (unpaired) electrons. The van der Waals surface area contributed by atoms with E-state index in [9.17, 15) is 14.4 Å². The van der Waals surface area contributed by atoms with Gasteiger partial charge in [-0.05, 0) is 54.0 Å². The van der Waals surface area contributed by atoms with E-state index in [4.69, 9.17) is 24.2 Å². The summed E-state index contributed by atoms with van der Waals surface area (Å²) in [6.45, 7) is 14.4. The Labute approximate surface area is 230 Å². The lowest BCUT2D eigenvalue weighted by Crippen LogP contribution is -2.44. The molecule has 39 heavy (non-hydrogen) atoms. The van der Waals surface area contributed by atoms with Gasteiger partial charge >= 0.3 is 12.2 Å². The van der Waals surface area contributed by atoms with Crippen LogP contribution in [0.5, 0.6) is 0 Å². The summed E-state index contributed by atoms with van der Waals surface area (Å²) in [6.07, 6.45) is 1.75. The SMILES string of the molecule is Cc1c(C=O)sc2c(N3CCOCC3)nc(-c3cnc(N(C(=O)OC(C)(C)C)C(=O)OC(C)(C)C)nc3)nc12. The van der Waals surface area contributed by atoms with Gasteiger partial charge in [-0.3, -0.25) is 4.79 Å². The molecule has 4 rings (SSSR count). The van der Waals surface area contributed by atoms with E-state index >= 15 is 0 Å². The van der Waals surface area contributed by atoms with Gasteiger partial charge in [-0.15, -0.1) is 16.2 Å². The molecule has 0 aromatic carbocycles. The molecule has 2 amide bonds. The van der Waals surface area contributed by atoms with Crippen molar-refractivity contribution in [2.24, 2.45) is 0 Å². The van der Waals surface area contributed by atoms with Gasteiger partial charge in [0.2, 0.25) is 5.95 Å². The standard InChI is InChI=1S/C26H32N6O6S/c1-15-17(14-33)39-19-18(15)29-20(30-21(19)31-8-10-36-11-9-31)16-12-27-22(28-13-16)32(23(34)37-25(2,3)4)24(35)38-26(5,6)7/h12-14H,8-11H2,1-7H3. The fourth-order valence-corrected chi connectivity index (χ4v) is 4.81. The summed E-state index contributed by atoms with van der Waals surface area (Å²) in [5.41, 5.74) is 0.162. The number of thiophene rings is 1. The third kappa shape index (κ3) is 6.48. The molecule has 4 heterocycles. The van der Waals surface area contributed by atoms with Crippen LogP contribution >= 0.6 is 11.3 Å². The number of anilines is 2. The van der Waals surface area contributed by atoms with Crippen molar-refractivity contribution in [2.75, 3.05) is 36.1 Å². The summed E-state index contributed by atoms with van der Waals surface area (Å²) < 4.78 is 17.1. The van der Waals surface area contributed by atoms with Crippen molar-refractivity contribution in [3.63, 3.8) is 0 Å². The number of morpholine rings is 1. The molecule has 0 unspecified atom stereocenters. The van der Waals surface area contributed by atoms with Crippen LogP contribution < -0.4 is 9.80 Å². The first kappa shape index (κ1) is 28.3. The number of imide groups is 1. The van der Waals surface area contributed by atoms with E-state index in [-0.39, 0.29) is 5.95 Å². The quantitative estimate of drug-likeness (QED) is 0.410. The van der Waals surface area contributed by atoms with Crippen LogP contribution in [0.3, 0.4) is 0 Å². The lowest BCUT2D eigenvalue weighted by Gasteiger charge is -2.28. The van der Waals surface area contributed by atoms with Gasteiger partial charge in [-0.2, -0.15) is 0 Å². The minimum Gasteiger partial charge on any atom is -0.443 e. The Morgan fingerprint density at radius 2 is 1.56 bits per heavy atom. The molecular formula is C26H32N6O6S. The van der Waals surface area contributed by atoms with Crippen LogP contribution in [0.1, 0.15) is 56.8 Å². The average Bonchev–Trinajstić information content (AvgIpc) is 3.18. The minimum atomic E-state index is -0.966. The Morgan fingerprint density at radius 1 is 1.00 bits per heavy atom. The summed E-state index contributed by atoms with van der Waals surface area (Å²) >= 11 is 1.35. The lowest BCUT2D eigenvalue weighted by molar-refractivity contribution is 0.0427. The number of rotatable bonds is 4. The fourth-order valence-electron chi connectivity index (χ4n) is 3.73. The lowest BCUT2D eigenvalue weighted by atomic mass is 10.2. The first-order valence-corrected chi connectivity index (χ1v) is 13.3. The molecule has 1 aliphatic heterocycles. The summed E-state index contributed by atoms with van der Waals surface area (Å²) in [5, 5.41) is 0. The molecule has 1 fully saturated rings. The predicted octanol–water partition coefficient (Wildman–Crippen LogP) is 4.78. The highest BCUT2D eigenvalue weighted by atomic mass is 32.1. The molecular weight excluding hydrogens is 524 g/mol. The van der Waals surface area contributed by atoms with Crippen molar-refractivity contribution in [3.05, 3.63) is 22.8 Å². The van der Waals surface area contributed by atoms with Crippen molar-refractivity contribution in [3.8, 4) is 11.4 Å². The molecule has 1 saturated heterocycles. The molecule has 208 valence electrons. The molecule has 1 aliphatic rings. The second kappa shape index (κ2) is 10.8. The van der Waals surface area contributed by atoms with Crippen molar-refractivity contribution in [1.82, 2.24) is 19.9 Å². The van der Waals surface area contributed by atoms with E-state index in [1.807, 2.05) is 6.92 Å². The molecule has 0 atom stereocenters. The molecule has 12 nitrogen and oxygen atoms in total. The van der Waals surface area contributed by atoms with E-state index < -0.39 is 23.4 Å². The Morgan fingerprint density at radius 3 is 2.08 bits per heavy atom.